The van der Waals surface area contributed by atoms with Gasteiger partial charge in [0.15, 0.2) is 0 Å². The largest absolute Gasteiger partial charge is 0.492 e. The Balaban J connectivity index is 1.63. The number of aromatic hydroxyl groups is 1. The number of rotatable bonds is 4. The molecule has 0 bridgehead atoms. The Labute approximate surface area is 222 Å². The first-order valence-corrected chi connectivity index (χ1v) is 12.4. The van der Waals surface area contributed by atoms with Crippen molar-refractivity contribution in [3.05, 3.63) is 76.1 Å². The molecule has 0 aliphatic carbocycles. The third-order valence-corrected chi connectivity index (χ3v) is 6.92. The van der Waals surface area contributed by atoms with Gasteiger partial charge in [-0.1, -0.05) is 23.6 Å². The molecular formula is C28H25ClF2N4O3. The van der Waals surface area contributed by atoms with Gasteiger partial charge in [-0.3, -0.25) is 4.68 Å². The minimum Gasteiger partial charge on any atom is -0.492 e. The lowest BCUT2D eigenvalue weighted by Gasteiger charge is -2.26. The maximum Gasteiger partial charge on any atom is 0.239 e. The predicted octanol–water partition coefficient (Wildman–Crippen LogP) is 4.41. The van der Waals surface area contributed by atoms with E-state index in [1.807, 2.05) is 0 Å². The first kappa shape index (κ1) is 26.1. The summed E-state index contributed by atoms with van der Waals surface area (Å²) in [5.74, 6) is 4.25. The van der Waals surface area contributed by atoms with E-state index in [2.05, 4.69) is 16.9 Å². The van der Waals surface area contributed by atoms with Gasteiger partial charge in [-0.05, 0) is 48.2 Å². The number of halogens is 3. The number of nitrogens with two attached hydrogens (primary N) is 1. The van der Waals surface area contributed by atoms with Gasteiger partial charge in [-0.25, -0.2) is 13.8 Å². The Kier molecular flexibility index (Phi) is 7.07. The van der Waals surface area contributed by atoms with Crippen molar-refractivity contribution in [3.8, 4) is 28.8 Å². The van der Waals surface area contributed by atoms with Crippen molar-refractivity contribution in [3.63, 3.8) is 0 Å². The summed E-state index contributed by atoms with van der Waals surface area (Å²) in [7, 11) is 1.68. The van der Waals surface area contributed by atoms with Gasteiger partial charge < -0.3 is 20.7 Å². The second kappa shape index (κ2) is 10.3. The predicted molar refractivity (Wildman–Crippen MR) is 139 cm³/mol. The number of fused-ring (bicyclic) bond motifs is 1. The Bertz CT molecular complexity index is 1570. The maximum atomic E-state index is 13.9. The number of aryl methyl sites for hydroxylation is 1. The zero-order valence-electron chi connectivity index (χ0n) is 20.5. The molecule has 4 N–H and O–H groups in total. The van der Waals surface area contributed by atoms with Crippen LogP contribution < -0.4 is 5.73 Å². The number of nitrogens with zero attached hydrogens (tertiary/aromatic N) is 3. The molecule has 1 aliphatic rings. The summed E-state index contributed by atoms with van der Waals surface area (Å²) in [5, 5.41) is 25.9. The zero-order chi connectivity index (χ0) is 27.0. The SMILES string of the molecule is Cn1nc(O)c2c(Cl)ccc(-c3ccc(C#CC4(O)CCOCC4)nc3C(N)Cc3cc(F)cc(F)c3)c21. The van der Waals surface area contributed by atoms with Crippen molar-refractivity contribution in [2.24, 2.45) is 12.8 Å². The van der Waals surface area contributed by atoms with E-state index >= 15 is 0 Å². The van der Waals surface area contributed by atoms with Crippen molar-refractivity contribution in [2.75, 3.05) is 13.2 Å². The molecule has 5 rings (SSSR count). The van der Waals surface area contributed by atoms with Gasteiger partial charge in [0, 0.05) is 37.1 Å². The monoisotopic (exact) mass is 538 g/mol. The van der Waals surface area contributed by atoms with Crippen LogP contribution in [0.4, 0.5) is 8.78 Å². The van der Waals surface area contributed by atoms with Crippen molar-refractivity contribution < 1.29 is 23.7 Å². The molecule has 1 saturated heterocycles. The Hall–Kier alpha value is -3.55. The lowest BCUT2D eigenvalue weighted by Crippen LogP contribution is -2.34. The number of hydrogen-bond acceptors (Lipinski definition) is 6. The summed E-state index contributed by atoms with van der Waals surface area (Å²) in [6.07, 6.45) is 0.880. The fourth-order valence-corrected chi connectivity index (χ4v) is 4.96. The third kappa shape index (κ3) is 5.22. The van der Waals surface area contributed by atoms with Crippen molar-refractivity contribution in [1.82, 2.24) is 14.8 Å². The molecule has 0 amide bonds. The normalized spacial score (nSPS) is 15.7. The highest BCUT2D eigenvalue weighted by Crippen LogP contribution is 2.39. The molecule has 3 heterocycles. The number of hydrogen-bond donors (Lipinski definition) is 3. The average Bonchev–Trinajstić information content (AvgIpc) is 3.17. The zero-order valence-corrected chi connectivity index (χ0v) is 21.3. The molecule has 4 aromatic rings. The van der Waals surface area contributed by atoms with Crippen LogP contribution in [0.2, 0.25) is 5.02 Å². The molecule has 2 aromatic heterocycles. The summed E-state index contributed by atoms with van der Waals surface area (Å²) in [5.41, 5.74) is 8.44. The molecule has 2 aromatic carbocycles. The standard InChI is InChI=1S/C28H25ClF2N4O3/c1-35-26-21(4-5-22(29)24(26)27(36)34-35)20-3-2-19(6-7-28(37)8-10-38-11-9-28)33-25(20)23(32)14-16-12-17(30)15-18(31)13-16/h2-5,12-13,15,23,37H,8-11,14,32H2,1H3,(H,34,36). The van der Waals surface area contributed by atoms with Crippen molar-refractivity contribution >= 4 is 22.5 Å². The van der Waals surface area contributed by atoms with Crippen LogP contribution in [0.5, 0.6) is 5.88 Å². The molecule has 196 valence electrons. The van der Waals surface area contributed by atoms with Gasteiger partial charge in [0.2, 0.25) is 5.88 Å². The Morgan fingerprint density at radius 1 is 1.13 bits per heavy atom. The highest BCUT2D eigenvalue weighted by atomic mass is 35.5. The first-order chi connectivity index (χ1) is 18.1. The van der Waals surface area contributed by atoms with Gasteiger partial charge in [0.25, 0.3) is 0 Å². The molecule has 0 spiro atoms. The van der Waals surface area contributed by atoms with Crippen LogP contribution in [-0.2, 0) is 18.2 Å². The van der Waals surface area contributed by atoms with Crippen LogP contribution in [0.25, 0.3) is 22.0 Å². The molecule has 38 heavy (non-hydrogen) atoms. The Morgan fingerprint density at radius 3 is 2.53 bits per heavy atom. The highest BCUT2D eigenvalue weighted by Gasteiger charge is 2.27. The summed E-state index contributed by atoms with van der Waals surface area (Å²) in [6, 6.07) is 9.41. The number of aromatic nitrogens is 3. The van der Waals surface area contributed by atoms with Crippen molar-refractivity contribution in [1.29, 1.82) is 0 Å². The summed E-state index contributed by atoms with van der Waals surface area (Å²) in [4.78, 5) is 4.72. The molecule has 1 atom stereocenters. The van der Waals surface area contributed by atoms with Crippen LogP contribution in [0.15, 0.2) is 42.5 Å². The van der Waals surface area contributed by atoms with E-state index in [9.17, 15) is 19.0 Å². The lowest BCUT2D eigenvalue weighted by atomic mass is 9.93. The van der Waals surface area contributed by atoms with E-state index in [0.29, 0.717) is 70.1 Å². The van der Waals surface area contributed by atoms with Crippen LogP contribution in [-0.4, -0.2) is 43.8 Å². The summed E-state index contributed by atoms with van der Waals surface area (Å²) >= 11 is 6.35. The van der Waals surface area contributed by atoms with E-state index in [1.165, 1.54) is 16.8 Å². The minimum atomic E-state index is -1.17. The van der Waals surface area contributed by atoms with Gasteiger partial charge in [0.1, 0.15) is 22.9 Å². The molecule has 1 aliphatic heterocycles. The molecule has 0 saturated carbocycles. The summed E-state index contributed by atoms with van der Waals surface area (Å²) in [6.45, 7) is 0.837. The maximum absolute atomic E-state index is 13.9. The van der Waals surface area contributed by atoms with Gasteiger partial charge in [-0.15, -0.1) is 5.10 Å². The number of benzene rings is 2. The van der Waals surface area contributed by atoms with E-state index in [0.717, 1.165) is 6.07 Å². The lowest BCUT2D eigenvalue weighted by molar-refractivity contribution is -0.0262. The van der Waals surface area contributed by atoms with Crippen LogP contribution in [0.3, 0.4) is 0 Å². The molecular weight excluding hydrogens is 514 g/mol. The van der Waals surface area contributed by atoms with E-state index in [-0.39, 0.29) is 12.3 Å². The van der Waals surface area contributed by atoms with Gasteiger partial charge >= 0.3 is 0 Å². The fraction of sp³-hybridized carbons (Fsp3) is 0.286. The van der Waals surface area contributed by atoms with Crippen LogP contribution in [0.1, 0.15) is 35.8 Å². The third-order valence-electron chi connectivity index (χ3n) is 6.61. The molecule has 1 fully saturated rings. The second-order valence-electron chi connectivity index (χ2n) is 9.38. The fourth-order valence-electron chi connectivity index (χ4n) is 4.72. The number of aliphatic hydroxyl groups is 1. The molecule has 10 heteroatoms. The summed E-state index contributed by atoms with van der Waals surface area (Å²) < 4.78 is 34.6. The quantitative estimate of drug-likeness (QED) is 0.332. The Morgan fingerprint density at radius 2 is 1.82 bits per heavy atom. The molecule has 7 nitrogen and oxygen atoms in total. The minimum absolute atomic E-state index is 0.0974. The van der Waals surface area contributed by atoms with Crippen molar-refractivity contribution in [2.45, 2.75) is 30.9 Å². The van der Waals surface area contributed by atoms with E-state index < -0.39 is 23.3 Å². The topological polar surface area (TPSA) is 106 Å². The van der Waals surface area contributed by atoms with Crippen LogP contribution in [0, 0.1) is 23.5 Å². The van der Waals surface area contributed by atoms with E-state index in [4.69, 9.17) is 27.1 Å². The molecule has 0 radical (unpaired) electrons. The van der Waals surface area contributed by atoms with Gasteiger partial charge in [0.05, 0.1) is 40.9 Å². The number of pyridine rings is 1. The number of ether oxygens (including phenoxy) is 1. The first-order valence-electron chi connectivity index (χ1n) is 12.0. The smallest absolute Gasteiger partial charge is 0.239 e. The van der Waals surface area contributed by atoms with Crippen LogP contribution >= 0.6 is 11.6 Å². The second-order valence-corrected chi connectivity index (χ2v) is 9.78. The highest BCUT2D eigenvalue weighted by molar-refractivity contribution is 6.36. The van der Waals surface area contributed by atoms with E-state index in [1.54, 1.807) is 31.3 Å². The average molecular weight is 539 g/mol. The van der Waals surface area contributed by atoms with Gasteiger partial charge in [-0.2, -0.15) is 0 Å². The molecule has 1 unspecified atom stereocenters.